The Morgan fingerprint density at radius 2 is 1.74 bits per heavy atom. The number of aliphatic hydroxyl groups is 1. The van der Waals surface area contributed by atoms with Gasteiger partial charge in [-0.15, -0.1) is 0 Å². The number of thiazole rings is 1. The second-order valence-electron chi connectivity index (χ2n) is 8.69. The molecule has 9 nitrogen and oxygen atoms in total. The lowest BCUT2D eigenvalue weighted by Gasteiger charge is -2.41. The molecule has 1 unspecified atom stereocenters. The number of aromatic nitrogens is 5. The summed E-state index contributed by atoms with van der Waals surface area (Å²) >= 11 is 0.319. The van der Waals surface area contributed by atoms with Crippen molar-refractivity contribution in [2.75, 3.05) is 31.1 Å². The van der Waals surface area contributed by atoms with Crippen LogP contribution in [0.2, 0.25) is 0 Å². The number of carbonyl (C=O) groups is 1. The third-order valence-corrected chi connectivity index (χ3v) is 7.33. The molecule has 0 bridgehead atoms. The highest BCUT2D eigenvalue weighted by Gasteiger charge is 2.39. The molecule has 206 valence electrons. The van der Waals surface area contributed by atoms with E-state index in [1.54, 1.807) is 10.6 Å². The molecule has 1 N–H and O–H groups in total. The van der Waals surface area contributed by atoms with Crippen molar-refractivity contribution in [1.82, 2.24) is 29.4 Å². The Morgan fingerprint density at radius 3 is 2.41 bits per heavy atom. The lowest BCUT2D eigenvalue weighted by atomic mass is 10.1. The maximum absolute atomic E-state index is 13.5. The first-order valence-corrected chi connectivity index (χ1v) is 12.3. The van der Waals surface area contributed by atoms with E-state index in [2.05, 4.69) is 19.9 Å². The summed E-state index contributed by atoms with van der Waals surface area (Å²) in [4.78, 5) is 30.5. The maximum Gasteiger partial charge on any atom is 0.451 e. The van der Waals surface area contributed by atoms with Crippen LogP contribution >= 0.6 is 11.3 Å². The zero-order chi connectivity index (χ0) is 27.9. The molecule has 0 saturated carbocycles. The summed E-state index contributed by atoms with van der Waals surface area (Å²) in [6.45, 7) is -0.360. The summed E-state index contributed by atoms with van der Waals surface area (Å²) < 4.78 is 80.9. The second kappa shape index (κ2) is 10.1. The van der Waals surface area contributed by atoms with Gasteiger partial charge < -0.3 is 19.5 Å². The number of anilines is 1. The van der Waals surface area contributed by atoms with Gasteiger partial charge in [-0.25, -0.2) is 19.9 Å². The first-order chi connectivity index (χ1) is 18.5. The zero-order valence-corrected chi connectivity index (χ0v) is 20.6. The lowest BCUT2D eigenvalue weighted by Crippen LogP contribution is -2.57. The normalized spacial score (nSPS) is 16.7. The summed E-state index contributed by atoms with van der Waals surface area (Å²) in [5.74, 6) is -1.74. The van der Waals surface area contributed by atoms with Crippen molar-refractivity contribution in [3.05, 3.63) is 53.8 Å². The van der Waals surface area contributed by atoms with E-state index in [1.165, 1.54) is 16.1 Å². The van der Waals surface area contributed by atoms with Gasteiger partial charge in [-0.3, -0.25) is 4.79 Å². The number of nitrogens with zero attached hydrogens (tertiary/aromatic N) is 7. The molecule has 1 aromatic carbocycles. The fraction of sp³-hybridized carbons (Fsp3) is 0.348. The number of halogens is 6. The SMILES string of the molecule is O=C(Cn1cnc2ccccc21)N1CCN(c2sc(C(F)(F)F)nc2-c2cnc(C(F)(F)F)nc2)CC1CO. The van der Waals surface area contributed by atoms with E-state index in [0.717, 1.165) is 17.9 Å². The molecule has 16 heteroatoms. The Hall–Kier alpha value is -3.79. The van der Waals surface area contributed by atoms with Gasteiger partial charge in [0.2, 0.25) is 16.7 Å². The van der Waals surface area contributed by atoms with Gasteiger partial charge in [-0.05, 0) is 12.1 Å². The minimum atomic E-state index is -4.82. The number of alkyl halides is 6. The van der Waals surface area contributed by atoms with E-state index < -0.39 is 35.8 Å². The number of hydrogen-bond acceptors (Lipinski definition) is 8. The van der Waals surface area contributed by atoms with Crippen LogP contribution in [-0.2, 0) is 23.7 Å². The molecule has 0 aliphatic carbocycles. The molecule has 0 spiro atoms. The van der Waals surface area contributed by atoms with Gasteiger partial charge in [0.1, 0.15) is 17.2 Å². The molecule has 1 aliphatic heterocycles. The van der Waals surface area contributed by atoms with Gasteiger partial charge in [0, 0.05) is 37.6 Å². The summed E-state index contributed by atoms with van der Waals surface area (Å²) in [7, 11) is 0. The summed E-state index contributed by atoms with van der Waals surface area (Å²) in [6.07, 6.45) is -6.55. The predicted molar refractivity (Wildman–Crippen MR) is 128 cm³/mol. The number of fused-ring (bicyclic) bond motifs is 1. The first kappa shape index (κ1) is 26.8. The highest BCUT2D eigenvalue weighted by atomic mass is 32.1. The quantitative estimate of drug-likeness (QED) is 0.365. The molecule has 5 rings (SSSR count). The van der Waals surface area contributed by atoms with E-state index in [0.29, 0.717) is 16.9 Å². The molecule has 4 heterocycles. The molecule has 1 amide bonds. The Morgan fingerprint density at radius 1 is 1.03 bits per heavy atom. The Bertz CT molecular complexity index is 1480. The van der Waals surface area contributed by atoms with Gasteiger partial charge in [0.05, 0.1) is 30.0 Å². The highest BCUT2D eigenvalue weighted by Crippen LogP contribution is 2.43. The monoisotopic (exact) mass is 571 g/mol. The van der Waals surface area contributed by atoms with Crippen LogP contribution in [0.5, 0.6) is 0 Å². The number of para-hydroxylation sites is 2. The smallest absolute Gasteiger partial charge is 0.394 e. The highest BCUT2D eigenvalue weighted by molar-refractivity contribution is 7.16. The fourth-order valence-electron chi connectivity index (χ4n) is 4.33. The van der Waals surface area contributed by atoms with Crippen LogP contribution in [0.4, 0.5) is 31.3 Å². The lowest BCUT2D eigenvalue weighted by molar-refractivity contribution is -0.145. The van der Waals surface area contributed by atoms with Crippen molar-refractivity contribution in [2.45, 2.75) is 24.9 Å². The number of carbonyl (C=O) groups excluding carboxylic acids is 1. The topological polar surface area (TPSA) is 100 Å². The van der Waals surface area contributed by atoms with Crippen LogP contribution in [0.15, 0.2) is 43.0 Å². The third kappa shape index (κ3) is 5.38. The van der Waals surface area contributed by atoms with E-state index in [1.807, 2.05) is 18.2 Å². The van der Waals surface area contributed by atoms with Crippen molar-refractivity contribution < 1.29 is 36.2 Å². The average molecular weight is 572 g/mol. The van der Waals surface area contributed by atoms with Crippen molar-refractivity contribution in [2.24, 2.45) is 0 Å². The Kier molecular flexibility index (Phi) is 6.92. The molecule has 1 aliphatic rings. The second-order valence-corrected chi connectivity index (χ2v) is 9.67. The van der Waals surface area contributed by atoms with E-state index in [4.69, 9.17) is 0 Å². The number of hydrogen-bond donors (Lipinski definition) is 1. The summed E-state index contributed by atoms with van der Waals surface area (Å²) in [6, 6.07) is 6.48. The first-order valence-electron chi connectivity index (χ1n) is 11.5. The number of imidazole rings is 1. The van der Waals surface area contributed by atoms with Crippen molar-refractivity contribution in [3.8, 4) is 11.3 Å². The van der Waals surface area contributed by atoms with Gasteiger partial charge in [0.25, 0.3) is 0 Å². The van der Waals surface area contributed by atoms with Crippen LogP contribution in [-0.4, -0.2) is 72.7 Å². The van der Waals surface area contributed by atoms with Crippen molar-refractivity contribution in [1.29, 1.82) is 0 Å². The molecule has 1 saturated heterocycles. The molecular formula is C23H19F6N7O2S. The van der Waals surface area contributed by atoms with E-state index in [-0.39, 0.29) is 48.3 Å². The molecule has 4 aromatic rings. The standard InChI is InChI=1S/C23H19F6N7O2S/c24-22(25,26)20-30-7-13(8-31-20)18-19(39-21(33-18)23(27,28)29)34-5-6-36(14(9-34)11-37)17(38)10-35-12-32-15-3-1-2-4-16(15)35/h1-4,7-8,12,14,37H,5-6,9-11H2. The van der Waals surface area contributed by atoms with E-state index >= 15 is 0 Å². The number of aliphatic hydroxyl groups excluding tert-OH is 1. The third-order valence-electron chi connectivity index (χ3n) is 6.16. The molecule has 1 fully saturated rings. The number of benzene rings is 1. The van der Waals surface area contributed by atoms with Crippen LogP contribution < -0.4 is 4.90 Å². The van der Waals surface area contributed by atoms with Crippen LogP contribution in [0.25, 0.3) is 22.3 Å². The van der Waals surface area contributed by atoms with E-state index in [9.17, 15) is 36.2 Å². The Labute approximate surface area is 220 Å². The largest absolute Gasteiger partial charge is 0.451 e. The molecule has 3 aromatic heterocycles. The van der Waals surface area contributed by atoms with Gasteiger partial charge in [-0.2, -0.15) is 26.3 Å². The van der Waals surface area contributed by atoms with Crippen LogP contribution in [0, 0.1) is 0 Å². The molecule has 1 atom stereocenters. The summed E-state index contributed by atoms with van der Waals surface area (Å²) in [5.41, 5.74) is 1.09. The van der Waals surface area contributed by atoms with Gasteiger partial charge in [-0.1, -0.05) is 23.5 Å². The molecule has 0 radical (unpaired) electrons. The number of amides is 1. The fourth-order valence-corrected chi connectivity index (χ4v) is 5.32. The molecular weight excluding hydrogens is 552 g/mol. The average Bonchev–Trinajstić information content (AvgIpc) is 3.53. The predicted octanol–water partition coefficient (Wildman–Crippen LogP) is 3.70. The van der Waals surface area contributed by atoms with Crippen LogP contribution in [0.1, 0.15) is 10.8 Å². The number of rotatable bonds is 5. The minimum absolute atomic E-state index is 0.0248. The molecule has 39 heavy (non-hydrogen) atoms. The zero-order valence-electron chi connectivity index (χ0n) is 19.8. The Balaban J connectivity index is 1.40. The number of piperazine rings is 1. The minimum Gasteiger partial charge on any atom is -0.394 e. The van der Waals surface area contributed by atoms with Crippen molar-refractivity contribution >= 4 is 33.3 Å². The maximum atomic E-state index is 13.5. The van der Waals surface area contributed by atoms with Crippen LogP contribution in [0.3, 0.4) is 0 Å². The van der Waals surface area contributed by atoms with Crippen molar-refractivity contribution in [3.63, 3.8) is 0 Å². The summed E-state index contributed by atoms with van der Waals surface area (Å²) in [5, 5.41) is 8.87. The van der Waals surface area contributed by atoms with Gasteiger partial charge in [0.15, 0.2) is 0 Å². The van der Waals surface area contributed by atoms with Gasteiger partial charge >= 0.3 is 12.4 Å².